The Balaban J connectivity index is 0.652. The quantitative estimate of drug-likeness (QED) is 0.0309. The number of hydrogen-bond acceptors (Lipinski definition) is 52. The van der Waals surface area contributed by atoms with Crippen molar-refractivity contribution < 1.29 is 249 Å². The van der Waals surface area contributed by atoms with Gasteiger partial charge in [0.1, 0.15) is 232 Å². The zero-order chi connectivity index (χ0) is 88.0. The van der Waals surface area contributed by atoms with Crippen LogP contribution in [0.2, 0.25) is 0 Å². The van der Waals surface area contributed by atoms with Gasteiger partial charge in [-0.25, -0.2) is 0 Å². The number of rotatable bonds is 29. The summed E-state index contributed by atoms with van der Waals surface area (Å²) in [6.45, 7) is -6.08. The smallest absolute Gasteiger partial charge is 0.187 e. The molecule has 9 heterocycles. The summed E-state index contributed by atoms with van der Waals surface area (Å²) in [6, 6.07) is -5.71. The molecule has 0 aromatic heterocycles. The topological polar surface area (TPSA) is 849 Å². The third-order valence-electron chi connectivity index (χ3n) is 23.5. The summed E-state index contributed by atoms with van der Waals surface area (Å²) in [5.74, 6) is 0. The van der Waals surface area contributed by atoms with Crippen molar-refractivity contribution in [3.63, 3.8) is 0 Å². The van der Waals surface area contributed by atoms with Gasteiger partial charge in [0.05, 0.1) is 95.8 Å². The van der Waals surface area contributed by atoms with E-state index >= 15 is 0 Å². The maximum atomic E-state index is 11.6. The van der Waals surface area contributed by atoms with Gasteiger partial charge in [-0.1, -0.05) is 12.2 Å². The highest BCUT2D eigenvalue weighted by molar-refractivity contribution is 5.25. The second-order valence-electron chi connectivity index (χ2n) is 31.3. The van der Waals surface area contributed by atoms with Crippen LogP contribution in [0.4, 0.5) is 0 Å². The van der Waals surface area contributed by atoms with Crippen molar-refractivity contribution in [1.82, 2.24) is 10.6 Å². The summed E-state index contributed by atoms with van der Waals surface area (Å²) in [6.07, 6.45) is -91.2. The van der Waals surface area contributed by atoms with Crippen LogP contribution >= 0.6 is 0 Å². The van der Waals surface area contributed by atoms with Gasteiger partial charge in [0.15, 0.2) is 56.6 Å². The van der Waals surface area contributed by atoms with Crippen molar-refractivity contribution >= 4 is 0 Å². The molecule has 11 aliphatic rings. The number of nitrogens with one attached hydrogen (secondary N) is 2. The van der Waals surface area contributed by atoms with Crippen molar-refractivity contribution in [3.8, 4) is 0 Å². The maximum Gasteiger partial charge on any atom is 0.187 e. The normalized spacial score (nSPS) is 53.1. The van der Waals surface area contributed by atoms with Crippen LogP contribution in [0.3, 0.4) is 0 Å². The Hall–Kier alpha value is -2.60. The van der Waals surface area contributed by atoms with Gasteiger partial charge in [-0.05, 0) is 25.0 Å². The van der Waals surface area contributed by atoms with E-state index in [-0.39, 0.29) is 11.1 Å². The first-order valence-electron chi connectivity index (χ1n) is 38.8. The van der Waals surface area contributed by atoms with Crippen LogP contribution in [-0.4, -0.2) is 553 Å². The summed E-state index contributed by atoms with van der Waals surface area (Å²) < 4.78 is 96.4. The number of ether oxygens (including phenoxy) is 17. The fourth-order valence-corrected chi connectivity index (χ4v) is 16.5. The van der Waals surface area contributed by atoms with Crippen molar-refractivity contribution in [2.45, 2.75) is 339 Å². The van der Waals surface area contributed by atoms with Crippen LogP contribution in [0.5, 0.6) is 0 Å². The fraction of sp³-hybridized carbons (Fsp3) is 0.941. The average Bonchev–Trinajstić information content (AvgIpc) is 0.775. The van der Waals surface area contributed by atoms with E-state index in [1.54, 1.807) is 0 Å². The lowest BCUT2D eigenvalue weighted by Gasteiger charge is -2.50. The standard InChI is InChI=1S/C68H114N2O50/c1-14-27(69-19-4-17(6-72)53(36(87)30(19)81)114-65-48(99)39(90)57(24(11-77)109-65)118-63-46(97)34(85)31(82)20(7-73)107-63)32(83)44(95)61(104-14)115-55-22(9-75)108-64(47(98)38(55)89)113-52-16(5-71)3-18(29(80)35(52)86)70-28-15(2)105-62(45(96)33(28)84)116-56-23(10-76)110-67(49(100)40(56)91)119-59-26(13-79)112-68(51(102)42(59)93)120-58-25(12-78)111-66(50(101)41(58)92)117-54-21(8-74)106-60(103)43(94)37(54)88/h3-4,14-15,18-103H,5-13H2,1-2H3/t14-,15-,18+,19+,20-,21-,22-,23-,24-,25-,26-,27-,28-,29+,30+,31-,32+,33+,34+,35-,36-,37-,38-,39-,40-,41-,42-,43-,44-,45-,46-,47-,48-,49-,50-,51-,52-,53-,54-,55-,56-,57-,58-,59-,60+,61-,62-,63-,64-,65-,66-,67-,68-/m1/s1. The third-order valence-corrected chi connectivity index (χ3v) is 23.5. The van der Waals surface area contributed by atoms with E-state index in [9.17, 15) is 169 Å². The summed E-state index contributed by atoms with van der Waals surface area (Å²) in [4.78, 5) is 0. The predicted molar refractivity (Wildman–Crippen MR) is 370 cm³/mol. The first-order chi connectivity index (χ1) is 56.9. The van der Waals surface area contributed by atoms with Gasteiger partial charge in [0.2, 0.25) is 0 Å². The summed E-state index contributed by atoms with van der Waals surface area (Å²) in [5, 5.41) is 365. The van der Waals surface area contributed by atoms with Crippen molar-refractivity contribution in [2.75, 3.05) is 59.5 Å². The van der Waals surface area contributed by atoms with Gasteiger partial charge in [-0.15, -0.1) is 0 Å². The number of aliphatic hydroxyl groups excluding tert-OH is 33. The van der Waals surface area contributed by atoms with E-state index in [0.29, 0.717) is 0 Å². The SMILES string of the molecule is C[C@H]1O[C@H](O[C@H]2[C@H](O)[C@@H](O)[C@@H](O[C@H]3[C@H](O)[C@@H](O)[C@@H](O[C@H]4[C@H](O)[C@@H](O)[C@@H](O[C@H]5[C@H](O)[C@@H](O)[C@@H](O)O[C@@H]5CO)O[C@@H]4CO)O[C@@H]3CO)O[C@@H]2CO)[C@H](O)[C@@H](O)[C@@H]1N[C@H]1C=C(CO)[C@@H](O[C@H]2O[C@H](CO)[C@@H](O[C@H]3O[C@H](C)[C@@H](N[C@H]4C=C(CO)[C@@H](O[C@H]5O[C@H](CO)[C@@H](O[C@H]6O[C@H](CO)[C@@H](O)[C@H](O)[C@H]6O)[C@H](O)[C@H]5O)[C@H](O)[C@H]4O)[C@H](O)[C@H]3O)[C@H](O)[C@H]2O)[C@H](O)[C@H]1O. The van der Waals surface area contributed by atoms with Crippen molar-refractivity contribution in [1.29, 1.82) is 0 Å². The lowest BCUT2D eigenvalue weighted by molar-refractivity contribution is -0.391. The highest BCUT2D eigenvalue weighted by Crippen LogP contribution is 2.41. The van der Waals surface area contributed by atoms with Crippen LogP contribution < -0.4 is 10.6 Å². The molecule has 53 atom stereocenters. The van der Waals surface area contributed by atoms with E-state index in [0.717, 1.165) is 12.2 Å². The molecule has 0 spiro atoms. The minimum absolute atomic E-state index is 0.194. The minimum atomic E-state index is -2.23. The Morgan fingerprint density at radius 3 is 0.725 bits per heavy atom. The second kappa shape index (κ2) is 41.9. The van der Waals surface area contributed by atoms with Crippen LogP contribution in [-0.2, 0) is 80.5 Å². The first kappa shape index (κ1) is 98.0. The molecule has 9 fully saturated rings. The Morgan fingerprint density at radius 2 is 0.458 bits per heavy atom. The van der Waals surface area contributed by atoms with Crippen LogP contribution in [0.15, 0.2) is 23.3 Å². The molecule has 696 valence electrons. The minimum Gasteiger partial charge on any atom is -0.394 e. The summed E-state index contributed by atoms with van der Waals surface area (Å²) in [7, 11) is 0. The largest absolute Gasteiger partial charge is 0.394 e. The Bertz CT molecular complexity index is 3220. The molecule has 120 heavy (non-hydrogen) atoms. The number of aliphatic hydroxyl groups is 33. The van der Waals surface area contributed by atoms with Gasteiger partial charge in [-0.3, -0.25) is 0 Å². The lowest BCUT2D eigenvalue weighted by Crippen LogP contribution is -2.69. The highest BCUT2D eigenvalue weighted by atomic mass is 16.8. The predicted octanol–water partition coefficient (Wildman–Crippen LogP) is -22.6. The molecule has 0 bridgehead atoms. The monoisotopic (exact) mass is 1760 g/mol. The van der Waals surface area contributed by atoms with Gasteiger partial charge < -0.3 is 260 Å². The molecule has 35 N–H and O–H groups in total. The average molecular weight is 1760 g/mol. The Labute approximate surface area is 679 Å². The summed E-state index contributed by atoms with van der Waals surface area (Å²) in [5.41, 5.74) is -0.430. The van der Waals surface area contributed by atoms with E-state index in [2.05, 4.69) is 10.6 Å². The van der Waals surface area contributed by atoms with Gasteiger partial charge in [-0.2, -0.15) is 0 Å². The van der Waals surface area contributed by atoms with Crippen LogP contribution in [0.1, 0.15) is 13.8 Å². The molecule has 52 heteroatoms. The molecule has 0 aromatic rings. The van der Waals surface area contributed by atoms with Gasteiger partial charge in [0.25, 0.3) is 0 Å². The molecule has 0 saturated carbocycles. The zero-order valence-electron chi connectivity index (χ0n) is 63.8. The molecular weight excluding hydrogens is 1640 g/mol. The van der Waals surface area contributed by atoms with Crippen LogP contribution in [0, 0.1) is 0 Å². The molecule has 11 rings (SSSR count). The fourth-order valence-electron chi connectivity index (χ4n) is 16.5. The first-order valence-corrected chi connectivity index (χ1v) is 38.8. The van der Waals surface area contributed by atoms with E-state index in [1.165, 1.54) is 13.8 Å². The van der Waals surface area contributed by atoms with Crippen molar-refractivity contribution in [2.24, 2.45) is 0 Å². The molecule has 9 aliphatic heterocycles. The van der Waals surface area contributed by atoms with Gasteiger partial charge in [0, 0.05) is 0 Å². The molecule has 9 saturated heterocycles. The van der Waals surface area contributed by atoms with E-state index < -0.39 is 384 Å². The molecule has 0 amide bonds. The Kier molecular flexibility index (Phi) is 34.2. The van der Waals surface area contributed by atoms with Crippen LogP contribution in [0.25, 0.3) is 0 Å². The zero-order valence-corrected chi connectivity index (χ0v) is 63.8. The highest BCUT2D eigenvalue weighted by Gasteiger charge is 2.61. The molecule has 52 nitrogen and oxygen atoms in total. The lowest BCUT2D eigenvalue weighted by atomic mass is 9.86. The molecule has 0 unspecified atom stereocenters. The summed E-state index contributed by atoms with van der Waals surface area (Å²) >= 11 is 0. The second-order valence-corrected chi connectivity index (χ2v) is 31.3. The maximum absolute atomic E-state index is 11.6. The molecule has 0 radical (unpaired) electrons. The van der Waals surface area contributed by atoms with Gasteiger partial charge >= 0.3 is 0 Å². The van der Waals surface area contributed by atoms with E-state index in [4.69, 9.17) is 80.5 Å². The molecule has 0 aromatic carbocycles. The number of hydrogen-bond donors (Lipinski definition) is 35. The Morgan fingerprint density at radius 1 is 0.233 bits per heavy atom. The van der Waals surface area contributed by atoms with Crippen molar-refractivity contribution in [3.05, 3.63) is 23.3 Å². The molecular formula is C68H114N2O50. The van der Waals surface area contributed by atoms with E-state index in [1.807, 2.05) is 0 Å². The third kappa shape index (κ3) is 19.9. The molecule has 2 aliphatic carbocycles.